The highest BCUT2D eigenvalue weighted by molar-refractivity contribution is 5.96. The zero-order chi connectivity index (χ0) is 31.3. The number of ketones is 2. The van der Waals surface area contributed by atoms with E-state index in [9.17, 15) is 24.3 Å². The van der Waals surface area contributed by atoms with Crippen molar-refractivity contribution in [1.82, 2.24) is 0 Å². The predicted molar refractivity (Wildman–Crippen MR) is 161 cm³/mol. The van der Waals surface area contributed by atoms with Crippen LogP contribution in [0, 0.1) is 62.1 Å². The fourth-order valence-corrected chi connectivity index (χ4v) is 11.7. The van der Waals surface area contributed by atoms with Crippen LogP contribution < -0.4 is 0 Å². The van der Waals surface area contributed by atoms with Gasteiger partial charge in [0.15, 0.2) is 5.78 Å². The lowest BCUT2D eigenvalue weighted by molar-refractivity contribution is -0.194. The van der Waals surface area contributed by atoms with E-state index in [2.05, 4.69) is 41.5 Å². The Morgan fingerprint density at radius 2 is 1.60 bits per heavy atom. The molecule has 5 aliphatic carbocycles. The molecule has 5 aliphatic rings. The number of methoxy groups -OCH3 is 1. The molecule has 234 valence electrons. The van der Waals surface area contributed by atoms with Crippen molar-refractivity contribution >= 4 is 23.5 Å². The van der Waals surface area contributed by atoms with Gasteiger partial charge in [-0.25, -0.2) is 0 Å². The van der Waals surface area contributed by atoms with Crippen LogP contribution in [0.15, 0.2) is 11.6 Å². The molecule has 4 saturated carbocycles. The number of carboxylic acid groups (broad SMARTS) is 1. The number of fused-ring (bicyclic) bond motifs is 7. The molecule has 0 amide bonds. The summed E-state index contributed by atoms with van der Waals surface area (Å²) in [5.41, 5.74) is -0.386. The summed E-state index contributed by atoms with van der Waals surface area (Å²) in [7, 11) is 1.37. The van der Waals surface area contributed by atoms with Crippen molar-refractivity contribution in [3.63, 3.8) is 0 Å². The molecule has 1 N–H and O–H groups in total. The largest absolute Gasteiger partial charge is 0.481 e. The van der Waals surface area contributed by atoms with Gasteiger partial charge in [0, 0.05) is 18.3 Å². The maximum atomic E-state index is 14.5. The lowest BCUT2D eigenvalue weighted by Crippen LogP contribution is -2.66. The number of carbonyl (C=O) groups excluding carboxylic acids is 3. The first-order valence-corrected chi connectivity index (χ1v) is 16.4. The van der Waals surface area contributed by atoms with Gasteiger partial charge in [0.1, 0.15) is 5.78 Å². The van der Waals surface area contributed by atoms with Crippen LogP contribution in [-0.2, 0) is 23.9 Å². The zero-order valence-electron chi connectivity index (χ0n) is 27.5. The lowest BCUT2D eigenvalue weighted by Gasteiger charge is -2.70. The van der Waals surface area contributed by atoms with Crippen LogP contribution in [0.25, 0.3) is 0 Å². The van der Waals surface area contributed by atoms with Crippen LogP contribution in [0.5, 0.6) is 0 Å². The minimum Gasteiger partial charge on any atom is -0.481 e. The van der Waals surface area contributed by atoms with E-state index in [1.165, 1.54) is 12.7 Å². The van der Waals surface area contributed by atoms with E-state index in [1.807, 2.05) is 13.0 Å². The molecule has 0 unspecified atom stereocenters. The van der Waals surface area contributed by atoms with Gasteiger partial charge in [-0.15, -0.1) is 0 Å². The SMILES string of the molecule is COC(=O)[C@H](C)CC(=O)[C@H]1CC[C@]2(C)[C@H]3C(=O)C=C4[C@@H]5C[C@@](C)(C(=O)O)CC[C@]5(C)CC[C@@]4(C)[C@]3(C)CC[C@H]2C1(C)C. The maximum Gasteiger partial charge on any atom is 0.309 e. The van der Waals surface area contributed by atoms with E-state index in [1.54, 1.807) is 6.92 Å². The highest BCUT2D eigenvalue weighted by Gasteiger charge is 2.70. The average molecular weight is 583 g/mol. The first-order valence-electron chi connectivity index (χ1n) is 16.4. The van der Waals surface area contributed by atoms with Crippen molar-refractivity contribution in [2.75, 3.05) is 7.11 Å². The quantitative estimate of drug-likeness (QED) is 0.339. The molecular weight excluding hydrogens is 528 g/mol. The lowest BCUT2D eigenvalue weighted by atomic mass is 9.33. The van der Waals surface area contributed by atoms with Gasteiger partial charge in [0.05, 0.1) is 18.4 Å². The molecule has 0 aromatic heterocycles. The van der Waals surface area contributed by atoms with Crippen LogP contribution in [-0.4, -0.2) is 35.7 Å². The number of allylic oxidation sites excluding steroid dienone is 2. The summed E-state index contributed by atoms with van der Waals surface area (Å²) in [6.45, 7) is 17.5. The van der Waals surface area contributed by atoms with E-state index in [0.29, 0.717) is 12.8 Å². The van der Waals surface area contributed by atoms with Gasteiger partial charge in [0.2, 0.25) is 0 Å². The number of hydrogen-bond acceptors (Lipinski definition) is 5. The van der Waals surface area contributed by atoms with Crippen LogP contribution in [0.3, 0.4) is 0 Å². The summed E-state index contributed by atoms with van der Waals surface area (Å²) in [5, 5.41) is 10.1. The molecular formula is C36H54O6. The first kappa shape index (κ1) is 31.4. The summed E-state index contributed by atoms with van der Waals surface area (Å²) in [6.07, 6.45) is 9.95. The third kappa shape index (κ3) is 4.15. The van der Waals surface area contributed by atoms with Gasteiger partial charge in [-0.3, -0.25) is 19.2 Å². The zero-order valence-corrected chi connectivity index (χ0v) is 27.5. The monoisotopic (exact) mass is 582 g/mol. The van der Waals surface area contributed by atoms with Gasteiger partial charge in [-0.1, -0.05) is 54.0 Å². The molecule has 6 heteroatoms. The second kappa shape index (κ2) is 9.76. The average Bonchev–Trinajstić information content (AvgIpc) is 2.89. The first-order chi connectivity index (χ1) is 19.3. The molecule has 6 nitrogen and oxygen atoms in total. The van der Waals surface area contributed by atoms with Gasteiger partial charge in [-0.05, 0) is 110 Å². The van der Waals surface area contributed by atoms with Crippen molar-refractivity contribution in [2.45, 2.75) is 120 Å². The van der Waals surface area contributed by atoms with E-state index in [-0.39, 0.29) is 74.7 Å². The highest BCUT2D eigenvalue weighted by atomic mass is 16.5. The third-order valence-corrected chi connectivity index (χ3v) is 14.6. The number of rotatable bonds is 5. The number of carbonyl (C=O) groups is 4. The van der Waals surface area contributed by atoms with E-state index in [4.69, 9.17) is 4.74 Å². The molecule has 0 radical (unpaired) electrons. The summed E-state index contributed by atoms with van der Waals surface area (Å²) in [4.78, 5) is 52.6. The second-order valence-electron chi connectivity index (χ2n) is 17.1. The minimum atomic E-state index is -0.756. The Hall–Kier alpha value is -1.98. The molecule has 4 fully saturated rings. The molecule has 0 saturated heterocycles. The molecule has 0 heterocycles. The number of carboxylic acids is 1. The normalized spacial score (nSPS) is 46.6. The molecule has 42 heavy (non-hydrogen) atoms. The van der Waals surface area contributed by atoms with Crippen molar-refractivity contribution in [1.29, 1.82) is 0 Å². The number of aliphatic carboxylic acids is 1. The molecule has 10 atom stereocenters. The van der Waals surface area contributed by atoms with Crippen molar-refractivity contribution < 1.29 is 29.0 Å². The predicted octanol–water partition coefficient (Wildman–Crippen LogP) is 7.44. The molecule has 0 aromatic carbocycles. The Labute approximate surface area is 252 Å². The topological polar surface area (TPSA) is 97.7 Å². The summed E-state index contributed by atoms with van der Waals surface area (Å²) in [6, 6.07) is 0. The molecule has 0 aromatic rings. The minimum absolute atomic E-state index is 0.0344. The van der Waals surface area contributed by atoms with Crippen molar-refractivity contribution in [3.05, 3.63) is 11.6 Å². The Morgan fingerprint density at radius 1 is 0.952 bits per heavy atom. The van der Waals surface area contributed by atoms with E-state index in [0.717, 1.165) is 44.9 Å². The number of ether oxygens (including phenoxy) is 1. The molecule has 5 rings (SSSR count). The Kier molecular flexibility index (Phi) is 7.31. The van der Waals surface area contributed by atoms with Crippen LogP contribution in [0.1, 0.15) is 120 Å². The van der Waals surface area contributed by atoms with Gasteiger partial charge < -0.3 is 9.84 Å². The summed E-state index contributed by atoms with van der Waals surface area (Å²) in [5.74, 6) is -1.08. The number of Topliss-reactive ketones (excluding diaryl/α,β-unsaturated/α-hetero) is 1. The summed E-state index contributed by atoms with van der Waals surface area (Å²) < 4.78 is 4.89. The Balaban J connectivity index is 1.50. The summed E-state index contributed by atoms with van der Waals surface area (Å²) >= 11 is 0. The fraction of sp³-hybridized carbons (Fsp3) is 0.833. The standard InChI is InChI=1S/C36H54O6/c1-21(29(39)42-9)18-25(37)22-10-12-34(6)27(31(22,2)3)11-13-36(8)28(34)26(38)19-23-24-20-33(5,30(40)41)15-14-32(24,4)16-17-35(23,36)7/h19,21-22,24,27-28H,10-18,20H2,1-9H3,(H,40,41)/t21-,22-,24+,27+,28-,32-,33+,34+,35-,36-/m1/s1. The maximum absolute atomic E-state index is 14.5. The van der Waals surface area contributed by atoms with Gasteiger partial charge >= 0.3 is 11.9 Å². The van der Waals surface area contributed by atoms with Crippen LogP contribution in [0.2, 0.25) is 0 Å². The van der Waals surface area contributed by atoms with Gasteiger partial charge in [0.25, 0.3) is 0 Å². The fourth-order valence-electron chi connectivity index (χ4n) is 11.7. The smallest absolute Gasteiger partial charge is 0.309 e. The highest BCUT2D eigenvalue weighted by Crippen LogP contribution is 2.75. The molecule has 0 spiro atoms. The molecule has 0 bridgehead atoms. The molecule has 0 aliphatic heterocycles. The van der Waals surface area contributed by atoms with Crippen molar-refractivity contribution in [3.8, 4) is 0 Å². The Morgan fingerprint density at radius 3 is 2.21 bits per heavy atom. The van der Waals surface area contributed by atoms with E-state index < -0.39 is 17.3 Å². The number of esters is 1. The third-order valence-electron chi connectivity index (χ3n) is 14.6. The van der Waals surface area contributed by atoms with Crippen molar-refractivity contribution in [2.24, 2.45) is 62.1 Å². The van der Waals surface area contributed by atoms with Gasteiger partial charge in [-0.2, -0.15) is 0 Å². The number of hydrogen-bond donors (Lipinski definition) is 1. The Bertz CT molecular complexity index is 1230. The van der Waals surface area contributed by atoms with E-state index >= 15 is 0 Å². The van der Waals surface area contributed by atoms with Crippen LogP contribution in [0.4, 0.5) is 0 Å². The van der Waals surface area contributed by atoms with Crippen LogP contribution >= 0.6 is 0 Å². The second-order valence-corrected chi connectivity index (χ2v) is 17.1.